The molecule has 0 radical (unpaired) electrons. The van der Waals surface area contributed by atoms with Gasteiger partial charge in [0.05, 0.1) is 12.1 Å². The Morgan fingerprint density at radius 2 is 2.07 bits per heavy atom. The van der Waals surface area contributed by atoms with E-state index in [1.807, 2.05) is 0 Å². The highest BCUT2D eigenvalue weighted by Crippen LogP contribution is 2.34. The summed E-state index contributed by atoms with van der Waals surface area (Å²) >= 11 is 0. The van der Waals surface area contributed by atoms with Gasteiger partial charge < -0.3 is 16.2 Å². The van der Waals surface area contributed by atoms with Crippen molar-refractivity contribution in [3.8, 4) is 0 Å². The Bertz CT molecular complexity index is 191. The van der Waals surface area contributed by atoms with E-state index in [1.165, 1.54) is 0 Å². The number of nitrogens with one attached hydrogen (secondary N) is 1. The quantitative estimate of drug-likeness (QED) is 0.512. The van der Waals surface area contributed by atoms with Crippen LogP contribution in [0.3, 0.4) is 0 Å². The van der Waals surface area contributed by atoms with E-state index in [0.29, 0.717) is 13.0 Å². The van der Waals surface area contributed by atoms with Crippen LogP contribution in [-0.4, -0.2) is 29.7 Å². The summed E-state index contributed by atoms with van der Waals surface area (Å²) in [6.45, 7) is 0.768. The Kier molecular flexibility index (Phi) is 4.35. The van der Waals surface area contributed by atoms with Crippen molar-refractivity contribution in [2.75, 3.05) is 13.2 Å². The molecule has 0 unspecified atom stereocenters. The molecule has 0 aromatic carbocycles. The van der Waals surface area contributed by atoms with Crippen LogP contribution in [0.2, 0.25) is 0 Å². The molecular formula is C10H20N2O2. The van der Waals surface area contributed by atoms with E-state index in [1.54, 1.807) is 0 Å². The van der Waals surface area contributed by atoms with Crippen molar-refractivity contribution < 1.29 is 9.90 Å². The summed E-state index contributed by atoms with van der Waals surface area (Å²) in [5.74, 6) is 0.0635. The Hall–Kier alpha value is -0.610. The Balaban J connectivity index is 2.04. The molecule has 1 amide bonds. The molecule has 0 aromatic heterocycles. The maximum atomic E-state index is 11.4. The van der Waals surface area contributed by atoms with Crippen molar-refractivity contribution >= 4 is 5.91 Å². The molecule has 0 saturated heterocycles. The van der Waals surface area contributed by atoms with Crippen LogP contribution >= 0.6 is 0 Å². The lowest BCUT2D eigenvalue weighted by molar-refractivity contribution is -0.122. The fourth-order valence-electron chi connectivity index (χ4n) is 1.44. The summed E-state index contributed by atoms with van der Waals surface area (Å²) < 4.78 is 0. The fraction of sp³-hybridized carbons (Fsp3) is 0.900. The lowest BCUT2D eigenvalue weighted by atomic mass is 10.1. The number of carbonyl (C=O) groups is 1. The molecule has 1 fully saturated rings. The van der Waals surface area contributed by atoms with Gasteiger partial charge in [0.25, 0.3) is 0 Å². The molecule has 4 N–H and O–H groups in total. The Morgan fingerprint density at radius 1 is 1.36 bits per heavy atom. The molecule has 14 heavy (non-hydrogen) atoms. The van der Waals surface area contributed by atoms with Gasteiger partial charge in [0, 0.05) is 6.42 Å². The molecule has 1 aliphatic carbocycles. The van der Waals surface area contributed by atoms with Gasteiger partial charge in [-0.2, -0.15) is 0 Å². The molecule has 1 saturated carbocycles. The van der Waals surface area contributed by atoms with E-state index < -0.39 is 0 Å². The SMILES string of the molecule is NCCCCCC(=O)NC1(CO)CC1. The molecule has 1 rings (SSSR count). The average Bonchev–Trinajstić information content (AvgIpc) is 2.93. The second-order valence-electron chi connectivity index (χ2n) is 4.09. The van der Waals surface area contributed by atoms with Crippen LogP contribution in [0, 0.1) is 0 Å². The summed E-state index contributed by atoms with van der Waals surface area (Å²) in [5, 5.41) is 11.9. The third kappa shape index (κ3) is 3.64. The van der Waals surface area contributed by atoms with Gasteiger partial charge in [-0.1, -0.05) is 6.42 Å². The zero-order chi connectivity index (χ0) is 10.4. The molecule has 0 aromatic rings. The zero-order valence-electron chi connectivity index (χ0n) is 8.59. The standard InChI is InChI=1S/C10H20N2O2/c11-7-3-1-2-4-9(14)12-10(8-13)5-6-10/h13H,1-8,11H2,(H,12,14). The number of hydrogen-bond donors (Lipinski definition) is 3. The summed E-state index contributed by atoms with van der Waals surface area (Å²) in [4.78, 5) is 11.4. The van der Waals surface area contributed by atoms with Gasteiger partial charge in [0.15, 0.2) is 0 Å². The minimum absolute atomic E-state index is 0.0635. The summed E-state index contributed by atoms with van der Waals surface area (Å²) in [7, 11) is 0. The van der Waals surface area contributed by atoms with Crippen LogP contribution in [0.25, 0.3) is 0 Å². The normalized spacial score (nSPS) is 17.9. The first-order valence-corrected chi connectivity index (χ1v) is 5.34. The van der Waals surface area contributed by atoms with Gasteiger partial charge >= 0.3 is 0 Å². The molecule has 0 bridgehead atoms. The highest BCUT2D eigenvalue weighted by molar-refractivity contribution is 5.77. The lowest BCUT2D eigenvalue weighted by Gasteiger charge is -2.13. The van der Waals surface area contributed by atoms with Crippen LogP contribution in [0.15, 0.2) is 0 Å². The number of hydrogen-bond acceptors (Lipinski definition) is 3. The molecular weight excluding hydrogens is 180 g/mol. The van der Waals surface area contributed by atoms with Crippen molar-refractivity contribution in [2.24, 2.45) is 5.73 Å². The van der Waals surface area contributed by atoms with Crippen molar-refractivity contribution in [1.29, 1.82) is 0 Å². The third-order valence-corrected chi connectivity index (χ3v) is 2.67. The first-order chi connectivity index (χ1) is 6.72. The molecule has 82 valence electrons. The highest BCUT2D eigenvalue weighted by Gasteiger charge is 2.43. The van der Waals surface area contributed by atoms with Crippen molar-refractivity contribution in [3.63, 3.8) is 0 Å². The van der Waals surface area contributed by atoms with Crippen molar-refractivity contribution in [1.82, 2.24) is 5.32 Å². The van der Waals surface area contributed by atoms with Crippen LogP contribution in [0.1, 0.15) is 38.5 Å². The number of nitrogens with two attached hydrogens (primary N) is 1. The first-order valence-electron chi connectivity index (χ1n) is 5.34. The lowest BCUT2D eigenvalue weighted by Crippen LogP contribution is -2.39. The minimum Gasteiger partial charge on any atom is -0.394 e. The number of unbranched alkanes of at least 4 members (excludes halogenated alkanes) is 2. The van der Waals surface area contributed by atoms with E-state index in [-0.39, 0.29) is 18.1 Å². The van der Waals surface area contributed by atoms with Crippen LogP contribution < -0.4 is 11.1 Å². The molecule has 0 aliphatic heterocycles. The first kappa shape index (κ1) is 11.5. The zero-order valence-corrected chi connectivity index (χ0v) is 8.59. The number of aliphatic hydroxyl groups excluding tert-OH is 1. The molecule has 4 nitrogen and oxygen atoms in total. The van der Waals surface area contributed by atoms with Gasteiger partial charge in [0.1, 0.15) is 0 Å². The maximum Gasteiger partial charge on any atom is 0.220 e. The second kappa shape index (κ2) is 5.32. The molecule has 1 aliphatic rings. The van der Waals surface area contributed by atoms with E-state index in [9.17, 15) is 4.79 Å². The van der Waals surface area contributed by atoms with E-state index >= 15 is 0 Å². The number of aliphatic hydroxyl groups is 1. The monoisotopic (exact) mass is 200 g/mol. The van der Waals surface area contributed by atoms with Crippen LogP contribution in [0.5, 0.6) is 0 Å². The summed E-state index contributed by atoms with van der Waals surface area (Å²) in [5.41, 5.74) is 5.09. The molecule has 4 heteroatoms. The molecule has 0 atom stereocenters. The predicted molar refractivity (Wildman–Crippen MR) is 54.7 cm³/mol. The topological polar surface area (TPSA) is 75.4 Å². The summed E-state index contributed by atoms with van der Waals surface area (Å²) in [6, 6.07) is 0. The smallest absolute Gasteiger partial charge is 0.220 e. The van der Waals surface area contributed by atoms with Crippen molar-refractivity contribution in [3.05, 3.63) is 0 Å². The molecule has 0 spiro atoms. The second-order valence-corrected chi connectivity index (χ2v) is 4.09. The minimum atomic E-state index is -0.259. The fourth-order valence-corrected chi connectivity index (χ4v) is 1.44. The predicted octanol–water partition coefficient (Wildman–Crippen LogP) is 0.147. The number of carbonyl (C=O) groups excluding carboxylic acids is 1. The molecule has 0 heterocycles. The van der Waals surface area contributed by atoms with Gasteiger partial charge in [-0.15, -0.1) is 0 Å². The van der Waals surface area contributed by atoms with E-state index in [4.69, 9.17) is 10.8 Å². The van der Waals surface area contributed by atoms with Gasteiger partial charge in [0.2, 0.25) is 5.91 Å². The highest BCUT2D eigenvalue weighted by atomic mass is 16.3. The van der Waals surface area contributed by atoms with Crippen LogP contribution in [-0.2, 0) is 4.79 Å². The maximum absolute atomic E-state index is 11.4. The average molecular weight is 200 g/mol. The number of rotatable bonds is 7. The number of amides is 1. The van der Waals surface area contributed by atoms with Gasteiger partial charge in [-0.25, -0.2) is 0 Å². The largest absolute Gasteiger partial charge is 0.394 e. The van der Waals surface area contributed by atoms with Crippen molar-refractivity contribution in [2.45, 2.75) is 44.1 Å². The van der Waals surface area contributed by atoms with E-state index in [2.05, 4.69) is 5.32 Å². The van der Waals surface area contributed by atoms with Gasteiger partial charge in [-0.05, 0) is 32.2 Å². The van der Waals surface area contributed by atoms with E-state index in [0.717, 1.165) is 32.1 Å². The van der Waals surface area contributed by atoms with Crippen LogP contribution in [0.4, 0.5) is 0 Å². The summed E-state index contributed by atoms with van der Waals surface area (Å²) in [6.07, 6.45) is 5.27. The Labute approximate surface area is 84.9 Å². The van der Waals surface area contributed by atoms with Gasteiger partial charge in [-0.3, -0.25) is 4.79 Å². The Morgan fingerprint density at radius 3 is 2.57 bits per heavy atom. The third-order valence-electron chi connectivity index (χ3n) is 2.67.